The van der Waals surface area contributed by atoms with Crippen molar-refractivity contribution < 1.29 is 88.9 Å². The smallest absolute Gasteiger partial charge is 0.812 e. The van der Waals surface area contributed by atoms with Gasteiger partial charge >= 0.3 is 68.5 Å². The van der Waals surface area contributed by atoms with Gasteiger partial charge in [-0.25, -0.2) is 21.0 Å². The average Bonchev–Trinajstić information content (AvgIpc) is 1.92. The Morgan fingerprint density at radius 1 is 0.571 bits per heavy atom. The van der Waals surface area contributed by atoms with Gasteiger partial charge in [-0.1, -0.05) is 0 Å². The fourth-order valence-corrected chi connectivity index (χ4v) is 0. The van der Waals surface area contributed by atoms with Crippen LogP contribution in [0.2, 0.25) is 0 Å². The van der Waals surface area contributed by atoms with Gasteiger partial charge < -0.3 is 20.4 Å². The van der Waals surface area contributed by atoms with E-state index in [0.717, 1.165) is 0 Å². The van der Waals surface area contributed by atoms with E-state index in [0.29, 0.717) is 25.0 Å². The van der Waals surface area contributed by atoms with E-state index in [-0.39, 0.29) is 68.5 Å². The second-order valence-electron chi connectivity index (χ2n) is 0.365. The van der Waals surface area contributed by atoms with E-state index in [4.69, 9.17) is 41.5 Å². The number of rotatable bonds is 0. The molecule has 0 aromatic carbocycles. The molecule has 0 atom stereocenters. The van der Waals surface area contributed by atoms with Crippen molar-refractivity contribution in [2.24, 2.45) is 0 Å². The third-order valence-corrected chi connectivity index (χ3v) is 0. The number of hydrogen-bond acceptors (Lipinski definition) is 8. The monoisotopic (exact) mass is 263 g/mol. The van der Waals surface area contributed by atoms with Crippen molar-refractivity contribution in [2.75, 3.05) is 0 Å². The van der Waals surface area contributed by atoms with E-state index in [9.17, 15) is 0 Å². The Kier molecular flexibility index (Phi) is 387. The van der Waals surface area contributed by atoms with Crippen molar-refractivity contribution in [2.45, 2.75) is 0 Å². The molecule has 0 amide bonds. The van der Waals surface area contributed by atoms with Crippen LogP contribution in [0.4, 0.5) is 0 Å². The molecule has 1 radical (unpaired) electrons. The second kappa shape index (κ2) is 143. The summed E-state index contributed by atoms with van der Waals surface area (Å²) in [7, 11) is 0. The van der Waals surface area contributed by atoms with E-state index in [1.165, 1.54) is 0 Å². The van der Waals surface area contributed by atoms with Crippen LogP contribution < -0.4 is 71.8 Å². The molecule has 0 aliphatic carbocycles. The van der Waals surface area contributed by atoms with Crippen LogP contribution in [-0.4, -0.2) is 0 Å². The van der Waals surface area contributed by atoms with E-state index >= 15 is 0 Å². The fourth-order valence-electron chi connectivity index (χ4n) is 0. The molecule has 8 nitrogen and oxygen atoms in total. The van der Waals surface area contributed by atoms with Crippen molar-refractivity contribution in [3.63, 3.8) is 0 Å². The molecule has 14 heavy (non-hydrogen) atoms. The summed E-state index contributed by atoms with van der Waals surface area (Å²) in [6, 6.07) is 0. The van der Waals surface area contributed by atoms with Crippen LogP contribution in [-0.2, 0) is 17.1 Å². The summed E-state index contributed by atoms with van der Waals surface area (Å²) in [4.78, 5) is 0. The fraction of sp³-hybridized carbons (Fsp3) is 0. The average molecular weight is 263 g/mol. The summed E-state index contributed by atoms with van der Waals surface area (Å²) in [5.41, 5.74) is 0. The van der Waals surface area contributed by atoms with Gasteiger partial charge in [0.05, 0.1) is 0 Å². The van der Waals surface area contributed by atoms with Gasteiger partial charge in [0.25, 0.3) is 0 Å². The van der Waals surface area contributed by atoms with Crippen LogP contribution in [0.15, 0.2) is 0 Å². The zero-order chi connectivity index (χ0) is 10.8. The molecular weight excluding hydrogens is 263 g/mol. The Balaban J connectivity index is -0.0000000145. The largest absolute Gasteiger partial charge is 3.00 e. The second-order valence-corrected chi connectivity index (χ2v) is 0.365. The van der Waals surface area contributed by atoms with Crippen molar-refractivity contribution in [3.8, 4) is 25.0 Å². The van der Waals surface area contributed by atoms with Crippen molar-refractivity contribution in [1.82, 2.24) is 0 Å². The van der Waals surface area contributed by atoms with Crippen LogP contribution in [0, 0.1) is 46.1 Å². The van der Waals surface area contributed by atoms with Gasteiger partial charge in [-0.3, -0.25) is 0 Å². The minimum Gasteiger partial charge on any atom is -0.812 e. The molecule has 0 rings (SSSR count). The molecule has 0 bridgehead atoms. The summed E-state index contributed by atoms with van der Waals surface area (Å²) < 4.78 is 0. The van der Waals surface area contributed by atoms with Gasteiger partial charge in [0, 0.05) is 25.0 Å². The first-order chi connectivity index (χ1) is 5.66. The van der Waals surface area contributed by atoms with Crippen molar-refractivity contribution in [3.05, 3.63) is 0 Å². The summed E-state index contributed by atoms with van der Waals surface area (Å²) in [5, 5.41) is 60.0. The van der Waals surface area contributed by atoms with Crippen LogP contribution in [0.25, 0.3) is 0 Å². The Hall–Kier alpha value is -0.684. The SMILES string of the molecule is N#C[O-].N#C[O-].N#C[O-].N#C[O-].[Fe+3].[K+]. The standard InChI is InChI=1S/4CHNO.Fe.K/c4*2-1-3;;/h4*3H;;/q;;;;+3;+1/p-4. The predicted octanol–water partition coefficient (Wildman–Crippen LogP) is -7.69. The van der Waals surface area contributed by atoms with Gasteiger partial charge in [0.15, 0.2) is 0 Å². The van der Waals surface area contributed by atoms with Crippen LogP contribution >= 0.6 is 0 Å². The predicted molar refractivity (Wildman–Crippen MR) is 22.5 cm³/mol. The van der Waals surface area contributed by atoms with Crippen LogP contribution in [0.1, 0.15) is 0 Å². The van der Waals surface area contributed by atoms with Crippen molar-refractivity contribution in [1.29, 1.82) is 21.0 Å². The Morgan fingerprint density at radius 3 is 0.571 bits per heavy atom. The van der Waals surface area contributed by atoms with E-state index < -0.39 is 0 Å². The molecule has 0 N–H and O–H groups in total. The molecule has 0 aliphatic rings. The maximum Gasteiger partial charge on any atom is 3.00 e. The van der Waals surface area contributed by atoms with Gasteiger partial charge in [-0.05, 0) is 0 Å². The zero-order valence-corrected chi connectivity index (χ0v) is 11.0. The van der Waals surface area contributed by atoms with Gasteiger partial charge in [0.2, 0.25) is 0 Å². The zero-order valence-electron chi connectivity index (χ0n) is 6.78. The van der Waals surface area contributed by atoms with E-state index in [2.05, 4.69) is 0 Å². The van der Waals surface area contributed by atoms with Gasteiger partial charge in [0.1, 0.15) is 0 Å². The van der Waals surface area contributed by atoms with Crippen LogP contribution in [0.3, 0.4) is 0 Å². The minimum absolute atomic E-state index is 0. The molecule has 0 aromatic rings. The Bertz CT molecular complexity index is 163. The summed E-state index contributed by atoms with van der Waals surface area (Å²) >= 11 is 0. The minimum atomic E-state index is 0. The molecule has 69 valence electrons. The maximum absolute atomic E-state index is 8.24. The van der Waals surface area contributed by atoms with E-state index in [1.54, 1.807) is 0 Å². The maximum atomic E-state index is 8.24. The Morgan fingerprint density at radius 2 is 0.571 bits per heavy atom. The first kappa shape index (κ1) is 37.7. The Labute approximate surface area is 133 Å². The summed E-state index contributed by atoms with van der Waals surface area (Å²) in [5.74, 6) is 0. The van der Waals surface area contributed by atoms with Crippen LogP contribution in [0.5, 0.6) is 0 Å². The molecule has 0 aromatic heterocycles. The molecule has 0 heterocycles. The molecule has 0 aliphatic heterocycles. The number of nitrogens with zero attached hydrogens (tertiary/aromatic N) is 4. The van der Waals surface area contributed by atoms with Crippen molar-refractivity contribution >= 4 is 0 Å². The number of hydrogen-bond donors (Lipinski definition) is 0. The molecule has 0 saturated carbocycles. The normalized spacial score (nSPS) is 2.00. The molecule has 0 unspecified atom stereocenters. The van der Waals surface area contributed by atoms with Gasteiger partial charge in [-0.15, -0.1) is 0 Å². The third-order valence-electron chi connectivity index (χ3n) is 0. The third kappa shape index (κ3) is 2570. The quantitative estimate of drug-likeness (QED) is 0.304. The summed E-state index contributed by atoms with van der Waals surface area (Å²) in [6.45, 7) is 0. The topological polar surface area (TPSA) is 187 Å². The molecule has 0 saturated heterocycles. The van der Waals surface area contributed by atoms with E-state index in [1.807, 2.05) is 0 Å². The molecule has 10 heteroatoms. The molecule has 0 fully saturated rings. The first-order valence-electron chi connectivity index (χ1n) is 1.71. The number of nitriles is 4. The van der Waals surface area contributed by atoms with Gasteiger partial charge in [-0.2, -0.15) is 0 Å². The summed E-state index contributed by atoms with van der Waals surface area (Å²) in [6.07, 6.45) is 2.00. The first-order valence-corrected chi connectivity index (χ1v) is 1.71. The molecule has 0 spiro atoms. The molecular formula is C4FeKN4O4.